The molecule has 0 radical (unpaired) electrons. The van der Waals surface area contributed by atoms with Crippen LogP contribution in [0.3, 0.4) is 0 Å². The Balaban J connectivity index is 1.31. The van der Waals surface area contributed by atoms with Crippen LogP contribution in [-0.2, 0) is 30.8 Å². The summed E-state index contributed by atoms with van der Waals surface area (Å²) in [5, 5.41) is 12.6. The van der Waals surface area contributed by atoms with Crippen LogP contribution in [0.2, 0.25) is 0 Å². The average molecular weight is 443 g/mol. The van der Waals surface area contributed by atoms with Gasteiger partial charge in [-0.05, 0) is 74.6 Å². The minimum absolute atomic E-state index is 0.0845. The molecule has 1 saturated carbocycles. The van der Waals surface area contributed by atoms with Gasteiger partial charge in [0.05, 0.1) is 5.75 Å². The Labute approximate surface area is 189 Å². The van der Waals surface area contributed by atoms with Crippen molar-refractivity contribution in [1.82, 2.24) is 20.1 Å². The van der Waals surface area contributed by atoms with E-state index in [2.05, 4.69) is 47.6 Å². The number of hydrogen-bond acceptors (Lipinski definition) is 5. The highest BCUT2D eigenvalue weighted by Crippen LogP contribution is 2.27. The van der Waals surface area contributed by atoms with E-state index >= 15 is 0 Å². The number of fused-ring (bicyclic) bond motifs is 1. The quantitative estimate of drug-likeness (QED) is 0.608. The monoisotopic (exact) mass is 442 g/mol. The number of carbonyl (C=O) groups excluding carboxylic acids is 1. The van der Waals surface area contributed by atoms with Gasteiger partial charge < -0.3 is 14.6 Å². The number of amides is 1. The molecular weight excluding hydrogens is 408 g/mol. The zero-order chi connectivity index (χ0) is 21.6. The van der Waals surface area contributed by atoms with Gasteiger partial charge in [0.25, 0.3) is 0 Å². The van der Waals surface area contributed by atoms with Gasteiger partial charge in [0.2, 0.25) is 5.91 Å². The van der Waals surface area contributed by atoms with Crippen molar-refractivity contribution in [2.75, 3.05) is 5.75 Å². The molecule has 2 aromatic rings. The molecule has 1 fully saturated rings. The lowest BCUT2D eigenvalue weighted by Gasteiger charge is -2.29. The topological polar surface area (TPSA) is 69.0 Å². The van der Waals surface area contributed by atoms with Crippen LogP contribution in [0.1, 0.15) is 69.3 Å². The van der Waals surface area contributed by atoms with Gasteiger partial charge in [-0.2, -0.15) is 0 Å². The molecule has 2 unspecified atom stereocenters. The Kier molecular flexibility index (Phi) is 7.54. The van der Waals surface area contributed by atoms with Gasteiger partial charge in [0, 0.05) is 12.6 Å². The van der Waals surface area contributed by atoms with Crippen molar-refractivity contribution in [3.8, 4) is 5.75 Å². The maximum atomic E-state index is 12.5. The smallest absolute Gasteiger partial charge is 0.230 e. The molecule has 31 heavy (non-hydrogen) atoms. The second-order valence-corrected chi connectivity index (χ2v) is 9.74. The maximum Gasteiger partial charge on any atom is 0.230 e. The van der Waals surface area contributed by atoms with Crippen molar-refractivity contribution in [1.29, 1.82) is 0 Å². The van der Waals surface area contributed by atoms with E-state index in [9.17, 15) is 4.79 Å². The van der Waals surface area contributed by atoms with Crippen molar-refractivity contribution in [2.45, 2.75) is 89.6 Å². The molecule has 7 heteroatoms. The summed E-state index contributed by atoms with van der Waals surface area (Å²) in [5.74, 6) is 2.70. The second-order valence-electron chi connectivity index (χ2n) is 8.79. The number of aromatic nitrogens is 3. The molecule has 0 bridgehead atoms. The summed E-state index contributed by atoms with van der Waals surface area (Å²) in [4.78, 5) is 12.5. The molecule has 0 aliphatic heterocycles. The van der Waals surface area contributed by atoms with Crippen molar-refractivity contribution in [3.05, 3.63) is 35.2 Å². The number of hydrogen-bond donors (Lipinski definition) is 1. The van der Waals surface area contributed by atoms with Crippen molar-refractivity contribution in [2.24, 2.45) is 5.92 Å². The van der Waals surface area contributed by atoms with Crippen molar-refractivity contribution in [3.63, 3.8) is 0 Å². The van der Waals surface area contributed by atoms with Crippen LogP contribution in [0.15, 0.2) is 23.4 Å². The normalized spacial score (nSPS) is 20.8. The van der Waals surface area contributed by atoms with E-state index in [1.165, 1.54) is 61.4 Å². The van der Waals surface area contributed by atoms with Gasteiger partial charge >= 0.3 is 0 Å². The predicted octanol–water partition coefficient (Wildman–Crippen LogP) is 4.54. The number of benzene rings is 1. The molecule has 2 atom stereocenters. The number of nitrogens with zero attached hydrogens (tertiary/aromatic N) is 3. The fourth-order valence-corrected chi connectivity index (χ4v) is 5.54. The van der Waals surface area contributed by atoms with E-state index in [0.29, 0.717) is 24.3 Å². The first-order valence-corrected chi connectivity index (χ1v) is 12.7. The van der Waals surface area contributed by atoms with Crippen LogP contribution >= 0.6 is 11.8 Å². The fraction of sp³-hybridized carbons (Fsp3) is 0.625. The summed E-state index contributed by atoms with van der Waals surface area (Å²) in [7, 11) is 0. The fourth-order valence-electron chi connectivity index (χ4n) is 4.71. The van der Waals surface area contributed by atoms with E-state index in [4.69, 9.17) is 4.74 Å². The molecule has 1 aromatic carbocycles. The molecule has 0 spiro atoms. The Morgan fingerprint density at radius 3 is 2.77 bits per heavy atom. The largest absolute Gasteiger partial charge is 0.486 e. The first-order chi connectivity index (χ1) is 15.1. The molecule has 2 aliphatic carbocycles. The number of rotatable bonds is 8. The average Bonchev–Trinajstić information content (AvgIpc) is 3.19. The minimum atomic E-state index is 0.0845. The molecule has 1 aromatic heterocycles. The summed E-state index contributed by atoms with van der Waals surface area (Å²) in [6.45, 7) is 5.44. The van der Waals surface area contributed by atoms with Crippen molar-refractivity contribution >= 4 is 17.7 Å². The number of ether oxygens (including phenoxy) is 1. The minimum Gasteiger partial charge on any atom is -0.486 e. The highest BCUT2D eigenvalue weighted by Gasteiger charge is 2.23. The van der Waals surface area contributed by atoms with Crippen LogP contribution in [0.5, 0.6) is 5.75 Å². The van der Waals surface area contributed by atoms with Crippen LogP contribution in [-0.4, -0.2) is 32.5 Å². The molecular formula is C24H34N4O2S. The number of thioether (sulfide) groups is 1. The Bertz CT molecular complexity index is 898. The summed E-state index contributed by atoms with van der Waals surface area (Å²) in [6.07, 6.45) is 9.63. The van der Waals surface area contributed by atoms with Gasteiger partial charge in [-0.15, -0.1) is 10.2 Å². The number of carbonyl (C=O) groups is 1. The lowest BCUT2D eigenvalue weighted by Crippen LogP contribution is -2.41. The molecule has 2 aliphatic rings. The summed E-state index contributed by atoms with van der Waals surface area (Å²) in [5.41, 5.74) is 2.87. The van der Waals surface area contributed by atoms with Crippen LogP contribution in [0.25, 0.3) is 0 Å². The van der Waals surface area contributed by atoms with Gasteiger partial charge in [-0.3, -0.25) is 4.79 Å². The maximum absolute atomic E-state index is 12.5. The molecule has 1 amide bonds. The zero-order valence-electron chi connectivity index (χ0n) is 18.7. The van der Waals surface area contributed by atoms with Crippen LogP contribution in [0.4, 0.5) is 0 Å². The van der Waals surface area contributed by atoms with E-state index in [0.717, 1.165) is 36.1 Å². The van der Waals surface area contributed by atoms with E-state index in [-0.39, 0.29) is 5.91 Å². The van der Waals surface area contributed by atoms with E-state index in [1.807, 2.05) is 4.57 Å². The van der Waals surface area contributed by atoms with Gasteiger partial charge in [-0.1, -0.05) is 37.6 Å². The standard InChI is InChI=1S/C24H34N4O2S/c1-3-28-22(15-30-20-13-12-18-9-5-6-10-19(18)14-20)26-27-24(28)31-16-23(29)25-21-11-7-4-8-17(21)2/h12-14,17,21H,3-11,15-16H2,1-2H3,(H,25,29). The summed E-state index contributed by atoms with van der Waals surface area (Å²) >= 11 is 1.45. The highest BCUT2D eigenvalue weighted by atomic mass is 32.2. The third kappa shape index (κ3) is 5.62. The lowest BCUT2D eigenvalue weighted by molar-refractivity contribution is -0.119. The molecule has 0 saturated heterocycles. The third-order valence-corrected chi connectivity index (χ3v) is 7.55. The first kappa shape index (κ1) is 22.2. The second kappa shape index (κ2) is 10.5. The Morgan fingerprint density at radius 2 is 1.97 bits per heavy atom. The van der Waals surface area contributed by atoms with Gasteiger partial charge in [-0.25, -0.2) is 0 Å². The molecule has 1 N–H and O–H groups in total. The molecule has 168 valence electrons. The number of nitrogens with one attached hydrogen (secondary N) is 1. The van der Waals surface area contributed by atoms with Crippen LogP contribution < -0.4 is 10.1 Å². The van der Waals surface area contributed by atoms with Gasteiger partial charge in [0.1, 0.15) is 12.4 Å². The lowest BCUT2D eigenvalue weighted by atomic mass is 9.86. The molecule has 1 heterocycles. The zero-order valence-corrected chi connectivity index (χ0v) is 19.5. The molecule has 6 nitrogen and oxygen atoms in total. The Hall–Kier alpha value is -2.02. The van der Waals surface area contributed by atoms with E-state index in [1.54, 1.807) is 0 Å². The first-order valence-electron chi connectivity index (χ1n) is 11.7. The highest BCUT2D eigenvalue weighted by molar-refractivity contribution is 7.99. The van der Waals surface area contributed by atoms with Crippen molar-refractivity contribution < 1.29 is 9.53 Å². The summed E-state index contributed by atoms with van der Waals surface area (Å²) in [6, 6.07) is 6.74. The summed E-state index contributed by atoms with van der Waals surface area (Å²) < 4.78 is 8.08. The molecule has 4 rings (SSSR count). The predicted molar refractivity (Wildman–Crippen MR) is 123 cm³/mol. The number of aryl methyl sites for hydroxylation is 2. The Morgan fingerprint density at radius 1 is 1.16 bits per heavy atom. The SMILES string of the molecule is CCn1c(COc2ccc3c(c2)CCCC3)nnc1SCC(=O)NC1CCCCC1C. The van der Waals surface area contributed by atoms with Gasteiger partial charge in [0.15, 0.2) is 11.0 Å². The third-order valence-electron chi connectivity index (χ3n) is 6.59. The van der Waals surface area contributed by atoms with E-state index < -0.39 is 0 Å². The van der Waals surface area contributed by atoms with Crippen LogP contribution in [0, 0.1) is 5.92 Å².